The van der Waals surface area contributed by atoms with Crippen LogP contribution in [0.5, 0.6) is 0 Å². The maximum Gasteiger partial charge on any atom is 0.0858 e. The van der Waals surface area contributed by atoms with Crippen LogP contribution in [0.25, 0.3) is 0 Å². The molecule has 0 aliphatic heterocycles. The van der Waals surface area contributed by atoms with Gasteiger partial charge in [0.05, 0.1) is 22.7 Å². The second-order valence-electron chi connectivity index (χ2n) is 6.07. The molecular formula is C22H24N6. The molecule has 0 fully saturated rings. The summed E-state index contributed by atoms with van der Waals surface area (Å²) in [7, 11) is 0. The van der Waals surface area contributed by atoms with E-state index < -0.39 is 0 Å². The molecule has 3 rings (SSSR count). The monoisotopic (exact) mass is 372 g/mol. The number of anilines is 2. The highest BCUT2D eigenvalue weighted by Gasteiger charge is 1.95. The summed E-state index contributed by atoms with van der Waals surface area (Å²) in [5.74, 6) is 0. The van der Waals surface area contributed by atoms with Gasteiger partial charge in [-0.15, -0.1) is 0 Å². The van der Waals surface area contributed by atoms with Crippen LogP contribution in [0.2, 0.25) is 0 Å². The van der Waals surface area contributed by atoms with Crippen molar-refractivity contribution >= 4 is 34.1 Å². The van der Waals surface area contributed by atoms with E-state index in [9.17, 15) is 0 Å². The number of rotatable bonds is 8. The Hall–Kier alpha value is -3.54. The Bertz CT molecular complexity index is 834. The van der Waals surface area contributed by atoms with Gasteiger partial charge in [0.1, 0.15) is 0 Å². The zero-order valence-corrected chi connectivity index (χ0v) is 16.1. The van der Waals surface area contributed by atoms with Gasteiger partial charge in [0.25, 0.3) is 0 Å². The fraction of sp³-hybridized carbons (Fsp3) is 0.182. The molecule has 0 radical (unpaired) electrons. The molecule has 6 heteroatoms. The standard InChI is InChI=1S/C22H24N6/c1-3-23-17-5-9-19(10-6-17)25-27-21-13-15-22(16-14-21)28-26-20-11-7-18(8-12-20)24-4-2/h5-16,23-24H,3-4H2,1-2H3. The molecule has 0 amide bonds. The molecular weight excluding hydrogens is 348 g/mol. The molecule has 0 aromatic heterocycles. The second kappa shape index (κ2) is 9.97. The number of nitrogens with one attached hydrogen (secondary N) is 2. The van der Waals surface area contributed by atoms with Crippen molar-refractivity contribution in [3.63, 3.8) is 0 Å². The number of benzene rings is 3. The lowest BCUT2D eigenvalue weighted by Crippen LogP contribution is -1.94. The van der Waals surface area contributed by atoms with E-state index in [1.165, 1.54) is 0 Å². The van der Waals surface area contributed by atoms with Crippen molar-refractivity contribution in [2.45, 2.75) is 13.8 Å². The molecule has 142 valence electrons. The van der Waals surface area contributed by atoms with Crippen LogP contribution in [0, 0.1) is 0 Å². The molecule has 0 saturated carbocycles. The van der Waals surface area contributed by atoms with Crippen LogP contribution in [0.1, 0.15) is 13.8 Å². The summed E-state index contributed by atoms with van der Waals surface area (Å²) in [5.41, 5.74) is 5.31. The predicted molar refractivity (Wildman–Crippen MR) is 116 cm³/mol. The van der Waals surface area contributed by atoms with Crippen molar-refractivity contribution in [1.29, 1.82) is 0 Å². The molecule has 0 spiro atoms. The van der Waals surface area contributed by atoms with Gasteiger partial charge in [-0.2, -0.15) is 20.5 Å². The van der Waals surface area contributed by atoms with Gasteiger partial charge in [0.2, 0.25) is 0 Å². The number of nitrogens with zero attached hydrogens (tertiary/aromatic N) is 4. The first-order valence-electron chi connectivity index (χ1n) is 9.38. The molecule has 6 nitrogen and oxygen atoms in total. The van der Waals surface area contributed by atoms with Crippen LogP contribution >= 0.6 is 0 Å². The lowest BCUT2D eigenvalue weighted by Gasteiger charge is -2.02. The number of hydrogen-bond donors (Lipinski definition) is 2. The van der Waals surface area contributed by atoms with Crippen LogP contribution in [0.3, 0.4) is 0 Å². The van der Waals surface area contributed by atoms with Crippen LogP contribution in [-0.4, -0.2) is 13.1 Å². The van der Waals surface area contributed by atoms with E-state index in [-0.39, 0.29) is 0 Å². The highest BCUT2D eigenvalue weighted by atomic mass is 15.1. The van der Waals surface area contributed by atoms with E-state index >= 15 is 0 Å². The Morgan fingerprint density at radius 2 is 0.714 bits per heavy atom. The molecule has 0 aliphatic carbocycles. The summed E-state index contributed by atoms with van der Waals surface area (Å²) >= 11 is 0. The first kappa shape index (κ1) is 19.2. The third-order valence-electron chi connectivity index (χ3n) is 3.91. The highest BCUT2D eigenvalue weighted by molar-refractivity contribution is 5.53. The van der Waals surface area contributed by atoms with E-state index in [1.807, 2.05) is 72.8 Å². The first-order chi connectivity index (χ1) is 13.8. The van der Waals surface area contributed by atoms with Gasteiger partial charge in [-0.05, 0) is 86.6 Å². The Balaban J connectivity index is 1.59. The summed E-state index contributed by atoms with van der Waals surface area (Å²) < 4.78 is 0. The van der Waals surface area contributed by atoms with Crippen molar-refractivity contribution < 1.29 is 0 Å². The first-order valence-corrected chi connectivity index (χ1v) is 9.38. The molecule has 0 bridgehead atoms. The van der Waals surface area contributed by atoms with Gasteiger partial charge in [0, 0.05) is 24.5 Å². The molecule has 0 atom stereocenters. The fourth-order valence-electron chi connectivity index (χ4n) is 2.52. The summed E-state index contributed by atoms with van der Waals surface area (Å²) in [6.07, 6.45) is 0. The van der Waals surface area contributed by atoms with Crippen molar-refractivity contribution in [3.8, 4) is 0 Å². The Kier molecular flexibility index (Phi) is 6.84. The summed E-state index contributed by atoms with van der Waals surface area (Å²) in [6, 6.07) is 23.2. The Morgan fingerprint density at radius 3 is 0.964 bits per heavy atom. The van der Waals surface area contributed by atoms with Gasteiger partial charge in [-0.1, -0.05) is 0 Å². The average molecular weight is 372 g/mol. The minimum absolute atomic E-state index is 0.768. The van der Waals surface area contributed by atoms with Gasteiger partial charge >= 0.3 is 0 Å². The van der Waals surface area contributed by atoms with E-state index in [0.717, 1.165) is 47.2 Å². The largest absolute Gasteiger partial charge is 0.385 e. The van der Waals surface area contributed by atoms with E-state index in [2.05, 4.69) is 44.9 Å². The van der Waals surface area contributed by atoms with Crippen molar-refractivity contribution in [2.75, 3.05) is 23.7 Å². The van der Waals surface area contributed by atoms with Crippen LogP contribution in [0.15, 0.2) is 93.3 Å². The van der Waals surface area contributed by atoms with E-state index in [0.29, 0.717) is 0 Å². The van der Waals surface area contributed by atoms with Crippen LogP contribution in [0.4, 0.5) is 34.1 Å². The number of azo groups is 2. The third kappa shape index (κ3) is 5.74. The minimum Gasteiger partial charge on any atom is -0.385 e. The maximum atomic E-state index is 4.26. The quantitative estimate of drug-likeness (QED) is 0.405. The van der Waals surface area contributed by atoms with Crippen LogP contribution < -0.4 is 10.6 Å². The lowest BCUT2D eigenvalue weighted by atomic mass is 10.3. The minimum atomic E-state index is 0.768. The summed E-state index contributed by atoms with van der Waals surface area (Å²) in [4.78, 5) is 0. The van der Waals surface area contributed by atoms with Crippen LogP contribution in [-0.2, 0) is 0 Å². The molecule has 0 heterocycles. The van der Waals surface area contributed by atoms with Gasteiger partial charge in [0.15, 0.2) is 0 Å². The Morgan fingerprint density at radius 1 is 0.464 bits per heavy atom. The topological polar surface area (TPSA) is 73.5 Å². The van der Waals surface area contributed by atoms with Gasteiger partial charge in [-0.3, -0.25) is 0 Å². The summed E-state index contributed by atoms with van der Waals surface area (Å²) in [6.45, 7) is 5.92. The SMILES string of the molecule is CCNc1ccc(N=Nc2ccc(N=Nc3ccc(NCC)cc3)cc2)cc1. The summed E-state index contributed by atoms with van der Waals surface area (Å²) in [5, 5.41) is 23.6. The molecule has 0 saturated heterocycles. The molecule has 0 aliphatic rings. The number of hydrogen-bond acceptors (Lipinski definition) is 6. The van der Waals surface area contributed by atoms with Crippen molar-refractivity contribution in [2.24, 2.45) is 20.5 Å². The van der Waals surface area contributed by atoms with Crippen molar-refractivity contribution in [1.82, 2.24) is 0 Å². The molecule has 3 aromatic carbocycles. The third-order valence-corrected chi connectivity index (χ3v) is 3.91. The maximum absolute atomic E-state index is 4.26. The lowest BCUT2D eigenvalue weighted by molar-refractivity contribution is 1.20. The molecule has 28 heavy (non-hydrogen) atoms. The molecule has 3 aromatic rings. The van der Waals surface area contributed by atoms with Gasteiger partial charge < -0.3 is 10.6 Å². The van der Waals surface area contributed by atoms with Gasteiger partial charge in [-0.25, -0.2) is 0 Å². The highest BCUT2D eigenvalue weighted by Crippen LogP contribution is 2.24. The Labute approximate surface area is 165 Å². The smallest absolute Gasteiger partial charge is 0.0858 e. The van der Waals surface area contributed by atoms with E-state index in [4.69, 9.17) is 0 Å². The predicted octanol–water partition coefficient (Wildman–Crippen LogP) is 7.38. The average Bonchev–Trinajstić information content (AvgIpc) is 2.74. The molecule has 2 N–H and O–H groups in total. The zero-order valence-electron chi connectivity index (χ0n) is 16.1. The second-order valence-corrected chi connectivity index (χ2v) is 6.07. The fourth-order valence-corrected chi connectivity index (χ4v) is 2.52. The molecule has 0 unspecified atom stereocenters. The van der Waals surface area contributed by atoms with E-state index in [1.54, 1.807) is 0 Å². The normalized spacial score (nSPS) is 11.2. The zero-order chi connectivity index (χ0) is 19.6. The van der Waals surface area contributed by atoms with Crippen molar-refractivity contribution in [3.05, 3.63) is 72.8 Å².